The molecule has 5 nitrogen and oxygen atoms in total. The zero-order chi connectivity index (χ0) is 21.0. The second-order valence-corrected chi connectivity index (χ2v) is 9.14. The molecular weight excluding hydrogens is 370 g/mol. The minimum absolute atomic E-state index is 0.137. The molecule has 0 radical (unpaired) electrons. The lowest BCUT2D eigenvalue weighted by Crippen LogP contribution is -2.23. The normalized spacial score (nSPS) is 15.0. The Hall–Kier alpha value is -2.95. The summed E-state index contributed by atoms with van der Waals surface area (Å²) in [7, 11) is 0. The summed E-state index contributed by atoms with van der Waals surface area (Å²) in [5.74, 6) is 1.46. The van der Waals surface area contributed by atoms with Crippen molar-refractivity contribution in [2.75, 3.05) is 10.6 Å². The van der Waals surface area contributed by atoms with Crippen LogP contribution in [-0.2, 0) is 5.41 Å². The van der Waals surface area contributed by atoms with Crippen LogP contribution in [-0.4, -0.2) is 21.0 Å². The predicted molar refractivity (Wildman–Crippen MR) is 124 cm³/mol. The molecule has 4 rings (SSSR count). The van der Waals surface area contributed by atoms with Gasteiger partial charge in [0.15, 0.2) is 0 Å². The fourth-order valence-electron chi connectivity index (χ4n) is 3.87. The fourth-order valence-corrected chi connectivity index (χ4v) is 3.87. The molecule has 30 heavy (non-hydrogen) atoms. The first-order chi connectivity index (χ1) is 14.5. The number of hydrogen-bond donors (Lipinski definition) is 2. The van der Waals surface area contributed by atoms with E-state index in [1.807, 2.05) is 24.4 Å². The summed E-state index contributed by atoms with van der Waals surface area (Å²) in [6, 6.07) is 15.0. The van der Waals surface area contributed by atoms with Crippen molar-refractivity contribution in [1.82, 2.24) is 15.0 Å². The topological polar surface area (TPSA) is 62.7 Å². The highest BCUT2D eigenvalue weighted by atomic mass is 15.2. The van der Waals surface area contributed by atoms with Gasteiger partial charge in [0.25, 0.3) is 0 Å². The Morgan fingerprint density at radius 1 is 0.933 bits per heavy atom. The van der Waals surface area contributed by atoms with E-state index >= 15 is 0 Å². The molecule has 0 amide bonds. The molecule has 0 spiro atoms. The number of pyridine rings is 1. The summed E-state index contributed by atoms with van der Waals surface area (Å²) >= 11 is 0. The van der Waals surface area contributed by atoms with Crippen molar-refractivity contribution in [2.45, 2.75) is 64.3 Å². The van der Waals surface area contributed by atoms with Crippen LogP contribution in [0.1, 0.15) is 58.4 Å². The fraction of sp³-hybridized carbons (Fsp3) is 0.400. The van der Waals surface area contributed by atoms with Gasteiger partial charge in [-0.2, -0.15) is 4.98 Å². The van der Waals surface area contributed by atoms with Gasteiger partial charge in [0, 0.05) is 35.8 Å². The van der Waals surface area contributed by atoms with Gasteiger partial charge in [-0.05, 0) is 48.1 Å². The maximum atomic E-state index is 4.78. The first kappa shape index (κ1) is 20.3. The zero-order valence-electron chi connectivity index (χ0n) is 18.2. The van der Waals surface area contributed by atoms with E-state index in [0.717, 1.165) is 22.8 Å². The van der Waals surface area contributed by atoms with Crippen LogP contribution in [0.2, 0.25) is 0 Å². The molecule has 3 aromatic rings. The first-order valence-electron chi connectivity index (χ1n) is 10.9. The largest absolute Gasteiger partial charge is 0.351 e. The molecule has 1 aliphatic rings. The molecule has 2 aromatic heterocycles. The average Bonchev–Trinajstić information content (AvgIpc) is 2.75. The summed E-state index contributed by atoms with van der Waals surface area (Å²) in [4.78, 5) is 13.8. The molecule has 0 aliphatic heterocycles. The van der Waals surface area contributed by atoms with E-state index in [4.69, 9.17) is 9.97 Å². The molecule has 0 atom stereocenters. The monoisotopic (exact) mass is 401 g/mol. The number of nitrogens with one attached hydrogen (secondary N) is 2. The third-order valence-electron chi connectivity index (χ3n) is 5.65. The number of benzene rings is 1. The summed E-state index contributed by atoms with van der Waals surface area (Å²) in [6.07, 6.45) is 9.84. The molecular formula is C25H31N5. The molecule has 1 saturated carbocycles. The predicted octanol–water partition coefficient (Wildman–Crippen LogP) is 6.32. The average molecular weight is 402 g/mol. The maximum absolute atomic E-state index is 4.78. The maximum Gasteiger partial charge on any atom is 0.225 e. The van der Waals surface area contributed by atoms with Gasteiger partial charge in [0.2, 0.25) is 5.95 Å². The highest BCUT2D eigenvalue weighted by Gasteiger charge is 2.16. The molecule has 0 unspecified atom stereocenters. The van der Waals surface area contributed by atoms with Crippen LogP contribution in [0.5, 0.6) is 0 Å². The lowest BCUT2D eigenvalue weighted by molar-refractivity contribution is 0.461. The zero-order valence-corrected chi connectivity index (χ0v) is 18.2. The van der Waals surface area contributed by atoms with Gasteiger partial charge in [-0.25, -0.2) is 4.98 Å². The first-order valence-corrected chi connectivity index (χ1v) is 10.9. The van der Waals surface area contributed by atoms with E-state index < -0.39 is 0 Å². The molecule has 5 heteroatoms. The van der Waals surface area contributed by atoms with Crippen LogP contribution >= 0.6 is 0 Å². The Morgan fingerprint density at radius 2 is 1.70 bits per heavy atom. The lowest BCUT2D eigenvalue weighted by Gasteiger charge is -2.23. The van der Waals surface area contributed by atoms with Crippen molar-refractivity contribution in [3.05, 3.63) is 60.4 Å². The molecule has 1 aromatic carbocycles. The van der Waals surface area contributed by atoms with Crippen LogP contribution < -0.4 is 10.6 Å². The van der Waals surface area contributed by atoms with Crippen molar-refractivity contribution >= 4 is 17.5 Å². The Morgan fingerprint density at radius 3 is 2.37 bits per heavy atom. The Bertz CT molecular complexity index is 955. The van der Waals surface area contributed by atoms with E-state index in [1.54, 1.807) is 6.20 Å². The minimum atomic E-state index is 0.137. The van der Waals surface area contributed by atoms with Gasteiger partial charge in [-0.15, -0.1) is 0 Å². The molecule has 1 fully saturated rings. The smallest absolute Gasteiger partial charge is 0.225 e. The minimum Gasteiger partial charge on any atom is -0.351 e. The summed E-state index contributed by atoms with van der Waals surface area (Å²) in [5.41, 5.74) is 4.31. The van der Waals surface area contributed by atoms with Gasteiger partial charge >= 0.3 is 0 Å². The van der Waals surface area contributed by atoms with E-state index in [2.05, 4.69) is 60.7 Å². The number of nitrogens with zero attached hydrogens (tertiary/aromatic N) is 3. The van der Waals surface area contributed by atoms with Crippen molar-refractivity contribution < 1.29 is 0 Å². The van der Waals surface area contributed by atoms with Crippen molar-refractivity contribution in [3.8, 4) is 11.3 Å². The second kappa shape index (κ2) is 8.82. The molecule has 2 N–H and O–H groups in total. The third-order valence-corrected chi connectivity index (χ3v) is 5.65. The Balaban J connectivity index is 1.61. The van der Waals surface area contributed by atoms with Gasteiger partial charge in [0.1, 0.15) is 5.82 Å². The molecule has 156 valence electrons. The van der Waals surface area contributed by atoms with Crippen LogP contribution in [0.3, 0.4) is 0 Å². The number of rotatable bonds is 5. The van der Waals surface area contributed by atoms with Gasteiger partial charge in [-0.3, -0.25) is 4.98 Å². The lowest BCUT2D eigenvalue weighted by atomic mass is 9.87. The van der Waals surface area contributed by atoms with Crippen molar-refractivity contribution in [2.24, 2.45) is 0 Å². The molecule has 0 saturated heterocycles. The highest BCUT2D eigenvalue weighted by molar-refractivity contribution is 5.67. The van der Waals surface area contributed by atoms with Gasteiger partial charge in [-0.1, -0.05) is 52.2 Å². The summed E-state index contributed by atoms with van der Waals surface area (Å²) in [5, 5.41) is 7.02. The second-order valence-electron chi connectivity index (χ2n) is 9.14. The van der Waals surface area contributed by atoms with E-state index in [-0.39, 0.29) is 5.41 Å². The summed E-state index contributed by atoms with van der Waals surface area (Å²) in [6.45, 7) is 6.68. The number of hydrogen-bond acceptors (Lipinski definition) is 5. The highest BCUT2D eigenvalue weighted by Crippen LogP contribution is 2.27. The van der Waals surface area contributed by atoms with E-state index in [0.29, 0.717) is 12.0 Å². The Labute approximate surface area is 179 Å². The number of anilines is 3. The van der Waals surface area contributed by atoms with Gasteiger partial charge < -0.3 is 10.6 Å². The van der Waals surface area contributed by atoms with Crippen LogP contribution in [0.4, 0.5) is 17.5 Å². The Kier molecular flexibility index (Phi) is 5.98. The standard InChI is InChI=1S/C25H31N5/c1-25(2,3)19-11-13-21(14-12-19)27-23-16-22(18-8-7-15-26-17-18)29-24(30-23)28-20-9-5-4-6-10-20/h7-8,11-17,20H,4-6,9-10H2,1-3H3,(H2,27,28,29,30). The van der Waals surface area contributed by atoms with Crippen molar-refractivity contribution in [3.63, 3.8) is 0 Å². The van der Waals surface area contributed by atoms with Crippen LogP contribution in [0.15, 0.2) is 54.9 Å². The molecule has 0 bridgehead atoms. The van der Waals surface area contributed by atoms with Crippen molar-refractivity contribution in [1.29, 1.82) is 0 Å². The number of aromatic nitrogens is 3. The quantitative estimate of drug-likeness (QED) is 0.523. The third kappa shape index (κ3) is 5.15. The SMILES string of the molecule is CC(C)(C)c1ccc(Nc2cc(-c3cccnc3)nc(NC3CCCCC3)n2)cc1. The van der Waals surface area contributed by atoms with Crippen LogP contribution in [0, 0.1) is 0 Å². The van der Waals surface area contributed by atoms with Gasteiger partial charge in [0.05, 0.1) is 5.69 Å². The van der Waals surface area contributed by atoms with E-state index in [1.165, 1.54) is 37.7 Å². The molecule has 1 aliphatic carbocycles. The summed E-state index contributed by atoms with van der Waals surface area (Å²) < 4.78 is 0. The van der Waals surface area contributed by atoms with Crippen LogP contribution in [0.25, 0.3) is 11.3 Å². The van der Waals surface area contributed by atoms with E-state index in [9.17, 15) is 0 Å². The molecule has 2 heterocycles.